The van der Waals surface area contributed by atoms with Crippen LogP contribution in [0.5, 0.6) is 0 Å². The van der Waals surface area contributed by atoms with Crippen molar-refractivity contribution >= 4 is 10.0 Å². The summed E-state index contributed by atoms with van der Waals surface area (Å²) < 4.78 is 27.6. The lowest BCUT2D eigenvalue weighted by molar-refractivity contribution is 0.288. The first-order chi connectivity index (χ1) is 10.0. The molecule has 2 unspecified atom stereocenters. The van der Waals surface area contributed by atoms with Crippen molar-refractivity contribution in [2.45, 2.75) is 56.4 Å². The third kappa shape index (κ3) is 4.80. The maximum atomic E-state index is 12.4. The molecule has 0 bridgehead atoms. The number of hydrogen-bond acceptors (Lipinski definition) is 3. The molecule has 4 nitrogen and oxygen atoms in total. The number of sulfonamides is 1. The van der Waals surface area contributed by atoms with Crippen LogP contribution in [0.1, 0.15) is 44.6 Å². The molecule has 2 atom stereocenters. The van der Waals surface area contributed by atoms with Crippen molar-refractivity contribution in [3.63, 3.8) is 0 Å². The third-order valence-electron chi connectivity index (χ3n) is 4.12. The average Bonchev–Trinajstić information content (AvgIpc) is 2.45. The number of rotatable bonds is 6. The summed E-state index contributed by atoms with van der Waals surface area (Å²) in [5.41, 5.74) is 1.05. The van der Waals surface area contributed by atoms with Crippen LogP contribution in [0.15, 0.2) is 29.2 Å². The van der Waals surface area contributed by atoms with E-state index in [4.69, 9.17) is 5.11 Å². The molecule has 0 saturated heterocycles. The van der Waals surface area contributed by atoms with Crippen LogP contribution >= 0.6 is 0 Å². The molecule has 0 spiro atoms. The molecule has 1 aliphatic carbocycles. The lowest BCUT2D eigenvalue weighted by Gasteiger charge is -2.27. The van der Waals surface area contributed by atoms with Gasteiger partial charge < -0.3 is 5.11 Å². The molecule has 0 aromatic heterocycles. The van der Waals surface area contributed by atoms with E-state index in [1.54, 1.807) is 12.1 Å². The van der Waals surface area contributed by atoms with Crippen LogP contribution in [0.4, 0.5) is 0 Å². The van der Waals surface area contributed by atoms with E-state index >= 15 is 0 Å². The van der Waals surface area contributed by atoms with Crippen molar-refractivity contribution in [2.24, 2.45) is 5.92 Å². The Morgan fingerprint density at radius 1 is 1.24 bits per heavy atom. The number of aliphatic hydroxyl groups excluding tert-OH is 1. The van der Waals surface area contributed by atoms with Gasteiger partial charge in [-0.1, -0.05) is 31.9 Å². The van der Waals surface area contributed by atoms with E-state index in [1.165, 1.54) is 6.42 Å². The predicted molar refractivity (Wildman–Crippen MR) is 83.6 cm³/mol. The van der Waals surface area contributed by atoms with Crippen molar-refractivity contribution in [3.05, 3.63) is 29.8 Å². The monoisotopic (exact) mass is 311 g/mol. The molecular weight excluding hydrogens is 286 g/mol. The number of benzene rings is 1. The van der Waals surface area contributed by atoms with Gasteiger partial charge in [0.15, 0.2) is 0 Å². The highest BCUT2D eigenvalue weighted by atomic mass is 32.2. The van der Waals surface area contributed by atoms with Crippen LogP contribution in [0.25, 0.3) is 0 Å². The second-order valence-corrected chi connectivity index (χ2v) is 7.78. The lowest BCUT2D eigenvalue weighted by atomic mass is 9.88. The molecule has 118 valence electrons. The summed E-state index contributed by atoms with van der Waals surface area (Å²) in [6, 6.07) is 7.03. The second-order valence-electron chi connectivity index (χ2n) is 6.06. The van der Waals surface area contributed by atoms with E-state index in [0.29, 0.717) is 17.2 Å². The molecule has 1 saturated carbocycles. The standard InChI is InChI=1S/C16H25NO3S/c1-13-4-2-6-15(12-13)17-21(19,20)16-9-7-14(8-10-16)5-3-11-18/h7-10,13,15,17-18H,2-6,11-12H2,1H3. The van der Waals surface area contributed by atoms with Gasteiger partial charge in [0.1, 0.15) is 0 Å². The molecule has 1 aromatic carbocycles. The smallest absolute Gasteiger partial charge is 0.240 e. The van der Waals surface area contributed by atoms with Gasteiger partial charge in [-0.15, -0.1) is 0 Å². The quantitative estimate of drug-likeness (QED) is 0.848. The van der Waals surface area contributed by atoms with Gasteiger partial charge in [0.25, 0.3) is 0 Å². The van der Waals surface area contributed by atoms with Crippen molar-refractivity contribution in [3.8, 4) is 0 Å². The van der Waals surface area contributed by atoms with Crippen LogP contribution in [0, 0.1) is 5.92 Å². The van der Waals surface area contributed by atoms with E-state index in [9.17, 15) is 8.42 Å². The Balaban J connectivity index is 2.01. The van der Waals surface area contributed by atoms with Gasteiger partial charge in [0, 0.05) is 12.6 Å². The summed E-state index contributed by atoms with van der Waals surface area (Å²) in [7, 11) is -3.42. The minimum absolute atomic E-state index is 0.0628. The van der Waals surface area contributed by atoms with Crippen LogP contribution in [-0.4, -0.2) is 26.2 Å². The van der Waals surface area contributed by atoms with Crippen LogP contribution < -0.4 is 4.72 Å². The summed E-state index contributed by atoms with van der Waals surface area (Å²) in [4.78, 5) is 0.327. The zero-order valence-electron chi connectivity index (χ0n) is 12.6. The van der Waals surface area contributed by atoms with Crippen molar-refractivity contribution in [1.29, 1.82) is 0 Å². The zero-order valence-corrected chi connectivity index (χ0v) is 13.4. The summed E-state index contributed by atoms with van der Waals surface area (Å²) in [6.07, 6.45) is 5.60. The number of aryl methyl sites for hydroxylation is 1. The SMILES string of the molecule is CC1CCCC(NS(=O)(=O)c2ccc(CCCO)cc2)C1. The second kappa shape index (κ2) is 7.38. The first-order valence-corrected chi connectivity index (χ1v) is 9.21. The molecule has 0 radical (unpaired) electrons. The van der Waals surface area contributed by atoms with E-state index in [0.717, 1.165) is 31.2 Å². The van der Waals surface area contributed by atoms with Gasteiger partial charge >= 0.3 is 0 Å². The number of nitrogens with one attached hydrogen (secondary N) is 1. The molecular formula is C16H25NO3S. The largest absolute Gasteiger partial charge is 0.396 e. The Labute approximate surface area is 127 Å². The van der Waals surface area contributed by atoms with Gasteiger partial charge in [-0.3, -0.25) is 0 Å². The Morgan fingerprint density at radius 2 is 1.95 bits per heavy atom. The average molecular weight is 311 g/mol. The Morgan fingerprint density at radius 3 is 2.57 bits per heavy atom. The van der Waals surface area contributed by atoms with Crippen LogP contribution in [-0.2, 0) is 16.4 Å². The van der Waals surface area contributed by atoms with E-state index in [2.05, 4.69) is 11.6 Å². The minimum Gasteiger partial charge on any atom is -0.396 e. The molecule has 1 aliphatic rings. The highest BCUT2D eigenvalue weighted by Crippen LogP contribution is 2.25. The lowest BCUT2D eigenvalue weighted by Crippen LogP contribution is -2.37. The topological polar surface area (TPSA) is 66.4 Å². The molecule has 1 fully saturated rings. The molecule has 5 heteroatoms. The summed E-state index contributed by atoms with van der Waals surface area (Å²) in [5, 5.41) is 8.81. The number of hydrogen-bond donors (Lipinski definition) is 2. The zero-order chi connectivity index (χ0) is 15.3. The molecule has 21 heavy (non-hydrogen) atoms. The summed E-state index contributed by atoms with van der Waals surface area (Å²) >= 11 is 0. The molecule has 2 N–H and O–H groups in total. The molecule has 0 aliphatic heterocycles. The highest BCUT2D eigenvalue weighted by molar-refractivity contribution is 7.89. The predicted octanol–water partition coefficient (Wildman–Crippen LogP) is 2.47. The first-order valence-electron chi connectivity index (χ1n) is 7.73. The summed E-state index contributed by atoms with van der Waals surface area (Å²) in [5.74, 6) is 0.590. The van der Waals surface area contributed by atoms with Crippen molar-refractivity contribution in [1.82, 2.24) is 4.72 Å². The normalized spacial score (nSPS) is 23.1. The Kier molecular flexibility index (Phi) is 5.79. The molecule has 0 amide bonds. The maximum Gasteiger partial charge on any atom is 0.240 e. The van der Waals surface area contributed by atoms with Crippen molar-refractivity contribution < 1.29 is 13.5 Å². The maximum absolute atomic E-state index is 12.4. The highest BCUT2D eigenvalue weighted by Gasteiger charge is 2.24. The van der Waals surface area contributed by atoms with Gasteiger partial charge in [0.05, 0.1) is 4.90 Å². The fourth-order valence-corrected chi connectivity index (χ4v) is 4.23. The van der Waals surface area contributed by atoms with E-state index < -0.39 is 10.0 Å². The third-order valence-corrected chi connectivity index (χ3v) is 5.65. The fourth-order valence-electron chi connectivity index (χ4n) is 2.95. The molecule has 2 rings (SSSR count). The van der Waals surface area contributed by atoms with Gasteiger partial charge in [-0.25, -0.2) is 13.1 Å². The Bertz CT molecular complexity index is 539. The van der Waals surface area contributed by atoms with Crippen LogP contribution in [0.3, 0.4) is 0 Å². The van der Waals surface area contributed by atoms with Gasteiger partial charge in [0.2, 0.25) is 10.0 Å². The summed E-state index contributed by atoms with van der Waals surface area (Å²) in [6.45, 7) is 2.33. The molecule has 0 heterocycles. The molecule has 1 aromatic rings. The van der Waals surface area contributed by atoms with Crippen molar-refractivity contribution in [2.75, 3.05) is 6.61 Å². The van der Waals surface area contributed by atoms with E-state index in [1.807, 2.05) is 12.1 Å². The Hall–Kier alpha value is -0.910. The first kappa shape index (κ1) is 16.5. The van der Waals surface area contributed by atoms with E-state index in [-0.39, 0.29) is 12.6 Å². The van der Waals surface area contributed by atoms with Crippen LogP contribution in [0.2, 0.25) is 0 Å². The minimum atomic E-state index is -3.42. The fraction of sp³-hybridized carbons (Fsp3) is 0.625. The van der Waals surface area contributed by atoms with Gasteiger partial charge in [-0.2, -0.15) is 0 Å². The number of aliphatic hydroxyl groups is 1. The van der Waals surface area contributed by atoms with Gasteiger partial charge in [-0.05, 0) is 49.3 Å².